The molecule has 0 saturated carbocycles. The highest BCUT2D eigenvalue weighted by molar-refractivity contribution is 5.36. The second-order valence-corrected chi connectivity index (χ2v) is 7.75. The minimum atomic E-state index is -0.225. The first-order valence-corrected chi connectivity index (χ1v) is 9.89. The summed E-state index contributed by atoms with van der Waals surface area (Å²) in [7, 11) is 0. The maximum atomic E-state index is 13.2. The van der Waals surface area contributed by atoms with Gasteiger partial charge >= 0.3 is 0 Å². The third-order valence-corrected chi connectivity index (χ3v) is 5.40. The van der Waals surface area contributed by atoms with E-state index in [0.29, 0.717) is 6.42 Å². The number of aliphatic hydroxyl groups is 2. The first kappa shape index (κ1) is 20.5. The van der Waals surface area contributed by atoms with Gasteiger partial charge in [-0.15, -0.1) is 0 Å². The molecule has 0 bridgehead atoms. The Hall–Kier alpha value is -2.19. The van der Waals surface area contributed by atoms with Gasteiger partial charge in [0.05, 0.1) is 13.2 Å². The molecule has 2 aromatic rings. The Kier molecular flexibility index (Phi) is 7.22. The minimum Gasteiger partial charge on any atom is -0.396 e. The van der Waals surface area contributed by atoms with Crippen LogP contribution in [-0.2, 0) is 13.0 Å². The van der Waals surface area contributed by atoms with E-state index in [1.54, 1.807) is 0 Å². The van der Waals surface area contributed by atoms with Gasteiger partial charge in [0.1, 0.15) is 5.82 Å². The molecule has 0 radical (unpaired) electrons. The molecular formula is C24H28FNO2. The average Bonchev–Trinajstić information content (AvgIpc) is 2.72. The van der Waals surface area contributed by atoms with E-state index in [-0.39, 0.29) is 24.4 Å². The zero-order valence-electron chi connectivity index (χ0n) is 16.2. The summed E-state index contributed by atoms with van der Waals surface area (Å²) in [6, 6.07) is 14.8. The largest absolute Gasteiger partial charge is 0.396 e. The molecule has 4 heteroatoms. The first-order chi connectivity index (χ1) is 13.6. The molecule has 1 fully saturated rings. The van der Waals surface area contributed by atoms with Gasteiger partial charge in [-0.1, -0.05) is 36.1 Å². The van der Waals surface area contributed by atoms with Crippen molar-refractivity contribution in [3.63, 3.8) is 0 Å². The van der Waals surface area contributed by atoms with E-state index in [0.717, 1.165) is 50.0 Å². The van der Waals surface area contributed by atoms with E-state index in [4.69, 9.17) is 5.11 Å². The third kappa shape index (κ3) is 5.65. The summed E-state index contributed by atoms with van der Waals surface area (Å²) in [6.07, 6.45) is 3.29. The van der Waals surface area contributed by atoms with Gasteiger partial charge in [-0.2, -0.15) is 0 Å². The number of likely N-dealkylation sites (tertiary alicyclic amines) is 1. The van der Waals surface area contributed by atoms with Crippen molar-refractivity contribution in [2.45, 2.75) is 32.2 Å². The van der Waals surface area contributed by atoms with Crippen molar-refractivity contribution in [1.82, 2.24) is 4.90 Å². The van der Waals surface area contributed by atoms with Crippen molar-refractivity contribution < 1.29 is 14.6 Å². The Morgan fingerprint density at radius 2 is 1.71 bits per heavy atom. The lowest BCUT2D eigenvalue weighted by Crippen LogP contribution is -2.46. The molecule has 1 aliphatic rings. The summed E-state index contributed by atoms with van der Waals surface area (Å²) in [4.78, 5) is 2.40. The van der Waals surface area contributed by atoms with Crippen LogP contribution in [0.25, 0.3) is 0 Å². The topological polar surface area (TPSA) is 43.7 Å². The Labute approximate surface area is 166 Å². The van der Waals surface area contributed by atoms with Crippen molar-refractivity contribution in [1.29, 1.82) is 0 Å². The summed E-state index contributed by atoms with van der Waals surface area (Å²) >= 11 is 0. The monoisotopic (exact) mass is 381 g/mol. The maximum Gasteiger partial charge on any atom is 0.123 e. The van der Waals surface area contributed by atoms with Gasteiger partial charge in [0.15, 0.2) is 0 Å². The predicted molar refractivity (Wildman–Crippen MR) is 109 cm³/mol. The molecule has 1 unspecified atom stereocenters. The summed E-state index contributed by atoms with van der Waals surface area (Å²) in [5, 5.41) is 18.9. The highest BCUT2D eigenvalue weighted by Gasteiger charge is 2.35. The quantitative estimate of drug-likeness (QED) is 0.754. The number of rotatable bonds is 6. The van der Waals surface area contributed by atoms with Gasteiger partial charge in [-0.05, 0) is 61.2 Å². The van der Waals surface area contributed by atoms with E-state index < -0.39 is 0 Å². The number of piperidine rings is 1. The van der Waals surface area contributed by atoms with Gasteiger partial charge < -0.3 is 10.2 Å². The van der Waals surface area contributed by atoms with Crippen LogP contribution >= 0.6 is 0 Å². The number of hydrogen-bond acceptors (Lipinski definition) is 3. The zero-order valence-corrected chi connectivity index (χ0v) is 16.2. The van der Waals surface area contributed by atoms with E-state index in [1.807, 2.05) is 24.3 Å². The van der Waals surface area contributed by atoms with E-state index in [9.17, 15) is 9.50 Å². The second-order valence-electron chi connectivity index (χ2n) is 7.75. The summed E-state index contributed by atoms with van der Waals surface area (Å²) in [6.45, 7) is 2.92. The lowest BCUT2D eigenvalue weighted by atomic mass is 9.75. The normalized spacial score (nSPS) is 19.8. The predicted octanol–water partition coefficient (Wildman–Crippen LogP) is 3.38. The molecule has 2 aromatic carbocycles. The molecule has 1 aliphatic heterocycles. The molecule has 28 heavy (non-hydrogen) atoms. The van der Waals surface area contributed by atoms with Crippen LogP contribution in [0.1, 0.15) is 36.0 Å². The van der Waals surface area contributed by atoms with Crippen LogP contribution in [0.3, 0.4) is 0 Å². The lowest BCUT2D eigenvalue weighted by Gasteiger charge is -2.42. The molecule has 148 valence electrons. The number of aliphatic hydroxyl groups excluding tert-OH is 2. The molecule has 1 saturated heterocycles. The van der Waals surface area contributed by atoms with Gasteiger partial charge in [0, 0.05) is 30.5 Å². The fourth-order valence-electron chi connectivity index (χ4n) is 3.98. The van der Waals surface area contributed by atoms with E-state index in [2.05, 4.69) is 28.9 Å². The summed E-state index contributed by atoms with van der Waals surface area (Å²) < 4.78 is 13.2. The molecular weight excluding hydrogens is 353 g/mol. The molecule has 3 rings (SSSR count). The molecule has 2 N–H and O–H groups in total. The zero-order chi connectivity index (χ0) is 19.8. The molecule has 1 heterocycles. The van der Waals surface area contributed by atoms with Crippen molar-refractivity contribution in [2.24, 2.45) is 5.41 Å². The molecule has 0 aromatic heterocycles. The highest BCUT2D eigenvalue weighted by atomic mass is 19.1. The van der Waals surface area contributed by atoms with Crippen molar-refractivity contribution >= 4 is 0 Å². The Bertz CT molecular complexity index is 807. The van der Waals surface area contributed by atoms with Crippen molar-refractivity contribution in [3.8, 4) is 11.8 Å². The summed E-state index contributed by atoms with van der Waals surface area (Å²) in [5.41, 5.74) is 3.08. The molecule has 1 atom stereocenters. The third-order valence-electron chi connectivity index (χ3n) is 5.40. The smallest absolute Gasteiger partial charge is 0.123 e. The van der Waals surface area contributed by atoms with Gasteiger partial charge in [0.25, 0.3) is 0 Å². The number of benzene rings is 2. The van der Waals surface area contributed by atoms with Crippen LogP contribution in [-0.4, -0.2) is 41.4 Å². The van der Waals surface area contributed by atoms with Crippen LogP contribution in [0.2, 0.25) is 0 Å². The lowest BCUT2D eigenvalue weighted by molar-refractivity contribution is 0.0288. The SMILES string of the molecule is OCCC#Cc1ccc(CN2CCCC(CO)(Cc3ccc(F)cc3)C2)cc1. The molecule has 0 amide bonds. The van der Waals surface area contributed by atoms with E-state index >= 15 is 0 Å². The Morgan fingerprint density at radius 1 is 1.00 bits per heavy atom. The standard InChI is InChI=1S/C24H28FNO2/c25-23-11-9-21(10-12-23)16-24(19-28)13-3-14-26(18-24)17-22-7-5-20(6-8-22)4-1-2-15-27/h5-12,27-28H,2-3,13-19H2. The van der Waals surface area contributed by atoms with Crippen LogP contribution < -0.4 is 0 Å². The number of halogens is 1. The fourth-order valence-corrected chi connectivity index (χ4v) is 3.98. The van der Waals surface area contributed by atoms with Crippen molar-refractivity contribution in [3.05, 3.63) is 71.0 Å². The Morgan fingerprint density at radius 3 is 2.39 bits per heavy atom. The van der Waals surface area contributed by atoms with E-state index in [1.165, 1.54) is 17.7 Å². The molecule has 0 aliphatic carbocycles. The van der Waals surface area contributed by atoms with Crippen LogP contribution in [0.4, 0.5) is 4.39 Å². The van der Waals surface area contributed by atoms with Crippen LogP contribution in [0, 0.1) is 23.1 Å². The average molecular weight is 381 g/mol. The fraction of sp³-hybridized carbons (Fsp3) is 0.417. The number of nitrogens with zero attached hydrogens (tertiary/aromatic N) is 1. The van der Waals surface area contributed by atoms with Gasteiger partial charge in [-0.25, -0.2) is 4.39 Å². The van der Waals surface area contributed by atoms with Gasteiger partial charge in [0.2, 0.25) is 0 Å². The van der Waals surface area contributed by atoms with Crippen LogP contribution in [0.5, 0.6) is 0 Å². The highest BCUT2D eigenvalue weighted by Crippen LogP contribution is 2.34. The summed E-state index contributed by atoms with van der Waals surface area (Å²) in [5.74, 6) is 5.76. The first-order valence-electron chi connectivity index (χ1n) is 9.89. The Balaban J connectivity index is 1.63. The van der Waals surface area contributed by atoms with Gasteiger partial charge in [-0.3, -0.25) is 4.90 Å². The minimum absolute atomic E-state index is 0.0879. The molecule has 0 spiro atoms. The maximum absolute atomic E-state index is 13.2. The van der Waals surface area contributed by atoms with Crippen molar-refractivity contribution in [2.75, 3.05) is 26.3 Å². The second kappa shape index (κ2) is 9.84. The molecule has 3 nitrogen and oxygen atoms in total. The number of hydrogen-bond donors (Lipinski definition) is 2. The van der Waals surface area contributed by atoms with Crippen LogP contribution in [0.15, 0.2) is 48.5 Å².